The average Bonchev–Trinajstić information content (AvgIpc) is 2.56. The number of pyridine rings is 1. The lowest BCUT2D eigenvalue weighted by molar-refractivity contribution is 0.274. The summed E-state index contributed by atoms with van der Waals surface area (Å²) in [5.74, 6) is 0.885. The fourth-order valence-corrected chi connectivity index (χ4v) is 2.47. The number of fused-ring (bicyclic) bond motifs is 1. The van der Waals surface area contributed by atoms with Gasteiger partial charge in [-0.25, -0.2) is 0 Å². The third-order valence-corrected chi connectivity index (χ3v) is 3.60. The van der Waals surface area contributed by atoms with Gasteiger partial charge in [-0.05, 0) is 36.2 Å². The Morgan fingerprint density at radius 3 is 2.71 bits per heavy atom. The first kappa shape index (κ1) is 13.6. The molecule has 1 aromatic heterocycles. The topological polar surface area (TPSA) is 34.1 Å². The highest BCUT2D eigenvalue weighted by atomic mass is 16.5. The molecule has 0 aliphatic carbocycles. The van der Waals surface area contributed by atoms with Gasteiger partial charge < -0.3 is 10.1 Å². The molecule has 0 aliphatic heterocycles. The molecule has 0 bridgehead atoms. The number of hydrogen-bond acceptors (Lipinski definition) is 3. The Morgan fingerprint density at radius 1 is 1.05 bits per heavy atom. The predicted molar refractivity (Wildman–Crippen MR) is 85.5 cm³/mol. The van der Waals surface area contributed by atoms with E-state index in [0.29, 0.717) is 6.61 Å². The highest BCUT2D eigenvalue weighted by Gasteiger charge is 2.13. The highest BCUT2D eigenvalue weighted by Crippen LogP contribution is 2.24. The van der Waals surface area contributed by atoms with E-state index in [-0.39, 0.29) is 6.04 Å². The average molecular weight is 278 g/mol. The zero-order chi connectivity index (χ0) is 14.5. The van der Waals surface area contributed by atoms with Gasteiger partial charge in [-0.2, -0.15) is 0 Å². The number of nitrogens with zero attached hydrogens (tertiary/aromatic N) is 1. The van der Waals surface area contributed by atoms with Crippen molar-refractivity contribution in [3.8, 4) is 5.75 Å². The standard InChI is InChI=1S/C18H18N2O/c1-19-18(13-21-15-7-3-2-4-8-15)16-9-5-6-14-10-11-20-12-17(14)16/h2-12,18-19H,13H2,1H3. The first-order valence-electron chi connectivity index (χ1n) is 7.06. The van der Waals surface area contributed by atoms with Gasteiger partial charge in [0.1, 0.15) is 12.4 Å². The summed E-state index contributed by atoms with van der Waals surface area (Å²) in [6, 6.07) is 18.3. The normalized spacial score (nSPS) is 12.2. The molecule has 0 saturated heterocycles. The molecule has 2 aromatic carbocycles. The first-order chi connectivity index (χ1) is 10.4. The van der Waals surface area contributed by atoms with Gasteiger partial charge in [0.15, 0.2) is 0 Å². The lowest BCUT2D eigenvalue weighted by Crippen LogP contribution is -2.23. The van der Waals surface area contributed by atoms with Crippen LogP contribution >= 0.6 is 0 Å². The van der Waals surface area contributed by atoms with Gasteiger partial charge >= 0.3 is 0 Å². The van der Waals surface area contributed by atoms with Crippen molar-refractivity contribution in [2.24, 2.45) is 0 Å². The molecule has 1 unspecified atom stereocenters. The number of aromatic nitrogens is 1. The molecular weight excluding hydrogens is 260 g/mol. The van der Waals surface area contributed by atoms with Crippen LogP contribution in [0.25, 0.3) is 10.8 Å². The fourth-order valence-electron chi connectivity index (χ4n) is 2.47. The van der Waals surface area contributed by atoms with E-state index in [1.165, 1.54) is 10.9 Å². The zero-order valence-corrected chi connectivity index (χ0v) is 12.0. The van der Waals surface area contributed by atoms with Crippen molar-refractivity contribution >= 4 is 10.8 Å². The summed E-state index contributed by atoms with van der Waals surface area (Å²) < 4.78 is 5.88. The van der Waals surface area contributed by atoms with Gasteiger partial charge in [0, 0.05) is 17.8 Å². The van der Waals surface area contributed by atoms with Crippen LogP contribution in [0.3, 0.4) is 0 Å². The van der Waals surface area contributed by atoms with E-state index >= 15 is 0 Å². The van der Waals surface area contributed by atoms with Crippen molar-refractivity contribution < 1.29 is 4.74 Å². The highest BCUT2D eigenvalue weighted by molar-refractivity contribution is 5.85. The summed E-state index contributed by atoms with van der Waals surface area (Å²) in [5.41, 5.74) is 1.21. The van der Waals surface area contributed by atoms with Gasteiger partial charge in [-0.1, -0.05) is 36.4 Å². The number of rotatable bonds is 5. The van der Waals surface area contributed by atoms with Crippen molar-refractivity contribution in [1.29, 1.82) is 0 Å². The molecule has 0 aliphatic rings. The largest absolute Gasteiger partial charge is 0.492 e. The minimum Gasteiger partial charge on any atom is -0.492 e. The van der Waals surface area contributed by atoms with E-state index in [4.69, 9.17) is 4.74 Å². The van der Waals surface area contributed by atoms with E-state index in [1.54, 1.807) is 0 Å². The van der Waals surface area contributed by atoms with E-state index in [0.717, 1.165) is 11.1 Å². The van der Waals surface area contributed by atoms with Crippen LogP contribution in [-0.4, -0.2) is 18.6 Å². The second-order valence-electron chi connectivity index (χ2n) is 4.91. The van der Waals surface area contributed by atoms with Gasteiger partial charge in [-0.3, -0.25) is 4.98 Å². The molecule has 0 spiro atoms. The second-order valence-corrected chi connectivity index (χ2v) is 4.91. The molecule has 1 N–H and O–H groups in total. The van der Waals surface area contributed by atoms with Crippen molar-refractivity contribution in [3.05, 3.63) is 72.6 Å². The number of likely N-dealkylation sites (N-methyl/N-ethyl adjacent to an activating group) is 1. The molecular formula is C18H18N2O. The van der Waals surface area contributed by atoms with Crippen LogP contribution in [-0.2, 0) is 0 Å². The molecule has 21 heavy (non-hydrogen) atoms. The molecule has 0 radical (unpaired) electrons. The minimum atomic E-state index is 0.123. The predicted octanol–water partition coefficient (Wildman–Crippen LogP) is 3.57. The number of ether oxygens (including phenoxy) is 1. The van der Waals surface area contributed by atoms with Crippen LogP contribution < -0.4 is 10.1 Å². The van der Waals surface area contributed by atoms with E-state index in [2.05, 4.69) is 28.5 Å². The molecule has 3 rings (SSSR count). The zero-order valence-electron chi connectivity index (χ0n) is 12.0. The van der Waals surface area contributed by atoms with Gasteiger partial charge in [0.05, 0.1) is 6.04 Å². The first-order valence-corrected chi connectivity index (χ1v) is 7.06. The van der Waals surface area contributed by atoms with Crippen LogP contribution in [0.1, 0.15) is 11.6 Å². The smallest absolute Gasteiger partial charge is 0.119 e. The summed E-state index contributed by atoms with van der Waals surface area (Å²) >= 11 is 0. The van der Waals surface area contributed by atoms with Crippen LogP contribution in [0, 0.1) is 0 Å². The van der Waals surface area contributed by atoms with Gasteiger partial charge in [0.2, 0.25) is 0 Å². The number of hydrogen-bond donors (Lipinski definition) is 1. The molecule has 0 amide bonds. The monoisotopic (exact) mass is 278 g/mol. The van der Waals surface area contributed by atoms with Gasteiger partial charge in [0.25, 0.3) is 0 Å². The Balaban J connectivity index is 1.85. The Kier molecular flexibility index (Phi) is 4.12. The fraction of sp³-hybridized carbons (Fsp3) is 0.167. The van der Waals surface area contributed by atoms with Crippen LogP contribution in [0.2, 0.25) is 0 Å². The third-order valence-electron chi connectivity index (χ3n) is 3.60. The molecule has 3 nitrogen and oxygen atoms in total. The Morgan fingerprint density at radius 2 is 1.90 bits per heavy atom. The maximum atomic E-state index is 5.88. The van der Waals surface area contributed by atoms with Crippen molar-refractivity contribution in [1.82, 2.24) is 10.3 Å². The molecule has 106 valence electrons. The second kappa shape index (κ2) is 6.37. The lowest BCUT2D eigenvalue weighted by atomic mass is 10.0. The number of benzene rings is 2. The maximum Gasteiger partial charge on any atom is 0.119 e. The third kappa shape index (κ3) is 3.03. The summed E-state index contributed by atoms with van der Waals surface area (Å²) in [6.07, 6.45) is 3.73. The SMILES string of the molecule is CNC(COc1ccccc1)c1cccc2ccncc12. The van der Waals surface area contributed by atoms with Crippen molar-refractivity contribution in [2.75, 3.05) is 13.7 Å². The van der Waals surface area contributed by atoms with Crippen molar-refractivity contribution in [2.45, 2.75) is 6.04 Å². The number of para-hydroxylation sites is 1. The summed E-state index contributed by atoms with van der Waals surface area (Å²) in [5, 5.41) is 5.69. The maximum absolute atomic E-state index is 5.88. The molecule has 1 heterocycles. The molecule has 3 aromatic rings. The summed E-state index contributed by atoms with van der Waals surface area (Å²) in [7, 11) is 1.95. The minimum absolute atomic E-state index is 0.123. The van der Waals surface area contributed by atoms with Crippen LogP contribution in [0.5, 0.6) is 5.75 Å². The molecule has 3 heteroatoms. The van der Waals surface area contributed by atoms with Crippen molar-refractivity contribution in [3.63, 3.8) is 0 Å². The summed E-state index contributed by atoms with van der Waals surface area (Å²) in [4.78, 5) is 4.24. The Bertz CT molecular complexity index is 707. The van der Waals surface area contributed by atoms with Gasteiger partial charge in [-0.15, -0.1) is 0 Å². The molecule has 0 fully saturated rings. The Labute approximate surface area is 124 Å². The summed E-state index contributed by atoms with van der Waals surface area (Å²) in [6.45, 7) is 0.578. The number of nitrogens with one attached hydrogen (secondary N) is 1. The molecule has 0 saturated carbocycles. The van der Waals surface area contributed by atoms with Crippen LogP contribution in [0.4, 0.5) is 0 Å². The Hall–Kier alpha value is -2.39. The van der Waals surface area contributed by atoms with Crippen LogP contribution in [0.15, 0.2) is 67.0 Å². The van der Waals surface area contributed by atoms with E-state index < -0.39 is 0 Å². The van der Waals surface area contributed by atoms with E-state index in [9.17, 15) is 0 Å². The quantitative estimate of drug-likeness (QED) is 0.774. The lowest BCUT2D eigenvalue weighted by Gasteiger charge is -2.19. The molecule has 1 atom stereocenters. The van der Waals surface area contributed by atoms with E-state index in [1.807, 2.05) is 55.8 Å².